The van der Waals surface area contributed by atoms with E-state index >= 15 is 0 Å². The van der Waals surface area contributed by atoms with Crippen molar-refractivity contribution in [2.24, 2.45) is 0 Å². The zero-order valence-electron chi connectivity index (χ0n) is 19.1. The van der Waals surface area contributed by atoms with Gasteiger partial charge in [-0.15, -0.1) is 10.2 Å². The number of allylic oxidation sites excluding steroid dienone is 1. The lowest BCUT2D eigenvalue weighted by Crippen LogP contribution is -2.27. The third-order valence-corrected chi connectivity index (χ3v) is 6.74. The van der Waals surface area contributed by atoms with Crippen LogP contribution in [-0.2, 0) is 6.42 Å². The van der Waals surface area contributed by atoms with Gasteiger partial charge in [0.05, 0.1) is 18.2 Å². The molecule has 2 N–H and O–H groups in total. The number of nitriles is 1. The van der Waals surface area contributed by atoms with Crippen molar-refractivity contribution < 1.29 is 9.84 Å². The number of aromatic nitrogens is 2. The number of nitrogens with one attached hydrogen (secondary N) is 1. The molecule has 0 radical (unpaired) electrons. The first-order chi connectivity index (χ1) is 16.0. The molecule has 3 aromatic rings. The lowest BCUT2D eigenvalue weighted by molar-refractivity contribution is 0.242. The number of aliphatic hydroxyl groups is 1. The van der Waals surface area contributed by atoms with Crippen molar-refractivity contribution in [3.8, 4) is 33.0 Å². The number of fused-ring (bicyclic) bond motifs is 1. The summed E-state index contributed by atoms with van der Waals surface area (Å²) < 4.78 is 5.74. The lowest BCUT2D eigenvalue weighted by Gasteiger charge is -2.27. The fraction of sp³-hybridized carbons (Fsp3) is 0.346. The van der Waals surface area contributed by atoms with E-state index in [4.69, 9.17) is 4.74 Å². The minimum atomic E-state index is 0.000571. The second-order valence-corrected chi connectivity index (χ2v) is 9.36. The Morgan fingerprint density at radius 2 is 2.12 bits per heavy atom. The number of hydrogen-bond donors (Lipinski definition) is 2. The quantitative estimate of drug-likeness (QED) is 0.423. The molecule has 0 unspecified atom stereocenters. The Morgan fingerprint density at radius 1 is 1.30 bits per heavy atom. The highest BCUT2D eigenvalue weighted by Gasteiger charge is 2.24. The minimum absolute atomic E-state index is 0.000571. The van der Waals surface area contributed by atoms with Crippen LogP contribution in [0.4, 0.5) is 0 Å². The van der Waals surface area contributed by atoms with Crippen LogP contribution >= 0.6 is 11.3 Å². The molecule has 1 aromatic heterocycles. The number of ether oxygens (including phenoxy) is 1. The first-order valence-electron chi connectivity index (χ1n) is 11.2. The Hall–Kier alpha value is -3.21. The maximum absolute atomic E-state index is 9.83. The van der Waals surface area contributed by atoms with Gasteiger partial charge in [0.2, 0.25) is 0 Å². The molecule has 1 atom stereocenters. The second kappa shape index (κ2) is 10.2. The summed E-state index contributed by atoms with van der Waals surface area (Å²) in [5.41, 5.74) is 5.02. The Bertz CT molecular complexity index is 1210. The van der Waals surface area contributed by atoms with Crippen molar-refractivity contribution in [1.82, 2.24) is 15.5 Å². The highest BCUT2D eigenvalue weighted by molar-refractivity contribution is 7.17. The predicted octanol–water partition coefficient (Wildman–Crippen LogP) is 5.96. The molecule has 0 fully saturated rings. The maximum Gasteiger partial charge on any atom is 0.148 e. The lowest BCUT2D eigenvalue weighted by atomic mass is 9.85. The van der Waals surface area contributed by atoms with Crippen molar-refractivity contribution >= 4 is 11.3 Å². The van der Waals surface area contributed by atoms with Crippen LogP contribution in [0.3, 0.4) is 0 Å². The highest BCUT2D eigenvalue weighted by atomic mass is 32.1. The van der Waals surface area contributed by atoms with E-state index in [1.165, 1.54) is 22.5 Å². The standard InChI is InChI=1S/C26H28N4O2S/c1-4-19(31)15-28-23-10-6-7-20-21(23)8-5-9-22(20)26-30-29-25(33-26)17-11-12-24(32-16(2)3)18(13-17)14-27/h4-5,8-9,11-13,16,23,28,31H,6-7,10,15H2,1-3H3/b19-4-/t23-/m0/s1. The molecule has 33 heavy (non-hydrogen) atoms. The predicted molar refractivity (Wildman–Crippen MR) is 131 cm³/mol. The van der Waals surface area contributed by atoms with Gasteiger partial charge >= 0.3 is 0 Å². The molecule has 0 amide bonds. The summed E-state index contributed by atoms with van der Waals surface area (Å²) in [6, 6.07) is 14.3. The Kier molecular flexibility index (Phi) is 7.07. The molecular formula is C26H28N4O2S. The zero-order valence-corrected chi connectivity index (χ0v) is 19.9. The van der Waals surface area contributed by atoms with Crippen LogP contribution in [0.2, 0.25) is 0 Å². The first kappa shape index (κ1) is 23.0. The van der Waals surface area contributed by atoms with E-state index in [0.717, 1.165) is 40.4 Å². The van der Waals surface area contributed by atoms with Gasteiger partial charge in [-0.25, -0.2) is 0 Å². The largest absolute Gasteiger partial charge is 0.511 e. The number of hydrogen-bond acceptors (Lipinski definition) is 7. The van der Waals surface area contributed by atoms with E-state index < -0.39 is 0 Å². The topological polar surface area (TPSA) is 91.1 Å². The molecule has 0 saturated heterocycles. The van der Waals surface area contributed by atoms with Crippen LogP contribution in [-0.4, -0.2) is 28.0 Å². The maximum atomic E-state index is 9.83. The van der Waals surface area contributed by atoms with Crippen LogP contribution in [0.5, 0.6) is 5.75 Å². The summed E-state index contributed by atoms with van der Waals surface area (Å²) in [5.74, 6) is 0.939. The van der Waals surface area contributed by atoms with E-state index in [2.05, 4.69) is 39.8 Å². The number of nitrogens with zero attached hydrogens (tertiary/aromatic N) is 3. The molecule has 1 aliphatic carbocycles. The Labute approximate surface area is 198 Å². The molecule has 1 aliphatic rings. The highest BCUT2D eigenvalue weighted by Crippen LogP contribution is 2.39. The molecule has 0 bridgehead atoms. The van der Waals surface area contributed by atoms with Gasteiger partial charge in [-0.05, 0) is 75.4 Å². The molecule has 0 aliphatic heterocycles. The van der Waals surface area contributed by atoms with Crippen molar-refractivity contribution in [3.63, 3.8) is 0 Å². The molecule has 170 valence electrons. The molecule has 1 heterocycles. The van der Waals surface area contributed by atoms with Gasteiger partial charge in [0.25, 0.3) is 0 Å². The Balaban J connectivity index is 1.63. The third kappa shape index (κ3) is 5.08. The summed E-state index contributed by atoms with van der Waals surface area (Å²) in [6.07, 6.45) is 4.83. The van der Waals surface area contributed by atoms with Gasteiger partial charge in [0.15, 0.2) is 0 Å². The molecule has 6 nitrogen and oxygen atoms in total. The SMILES string of the molecule is C/C=C(\O)CN[C@H]1CCCc2c(-c3nnc(-c4ccc(OC(C)C)c(C#N)c4)s3)cccc21. The third-order valence-electron chi connectivity index (χ3n) is 5.74. The van der Waals surface area contributed by atoms with Crippen LogP contribution in [0, 0.1) is 11.3 Å². The van der Waals surface area contributed by atoms with Gasteiger partial charge in [-0.3, -0.25) is 0 Å². The average Bonchev–Trinajstić information content (AvgIpc) is 3.32. The fourth-order valence-electron chi connectivity index (χ4n) is 4.15. The van der Waals surface area contributed by atoms with Crippen LogP contribution in [0.25, 0.3) is 21.1 Å². The summed E-state index contributed by atoms with van der Waals surface area (Å²) in [5, 5.41) is 33.4. The van der Waals surface area contributed by atoms with Gasteiger partial charge in [0.1, 0.15) is 27.6 Å². The van der Waals surface area contributed by atoms with E-state index in [9.17, 15) is 10.4 Å². The summed E-state index contributed by atoms with van der Waals surface area (Å²) in [7, 11) is 0. The average molecular weight is 461 g/mol. The van der Waals surface area contributed by atoms with E-state index in [1.54, 1.807) is 6.08 Å². The van der Waals surface area contributed by atoms with E-state index in [0.29, 0.717) is 23.6 Å². The van der Waals surface area contributed by atoms with Crippen LogP contribution in [0.15, 0.2) is 48.2 Å². The molecule has 0 spiro atoms. The Morgan fingerprint density at radius 3 is 2.88 bits per heavy atom. The summed E-state index contributed by atoms with van der Waals surface area (Å²) >= 11 is 1.53. The second-order valence-electron chi connectivity index (χ2n) is 8.38. The molecule has 4 rings (SSSR count). The van der Waals surface area contributed by atoms with Gasteiger partial charge in [0, 0.05) is 17.2 Å². The van der Waals surface area contributed by atoms with Crippen molar-refractivity contribution in [1.29, 1.82) is 5.26 Å². The summed E-state index contributed by atoms with van der Waals surface area (Å²) in [6.45, 7) is 6.18. The molecule has 7 heteroatoms. The van der Waals surface area contributed by atoms with Gasteiger partial charge < -0.3 is 15.2 Å². The van der Waals surface area contributed by atoms with E-state index in [-0.39, 0.29) is 12.1 Å². The van der Waals surface area contributed by atoms with Crippen molar-refractivity contribution in [2.75, 3.05) is 6.54 Å². The molecule has 0 saturated carbocycles. The van der Waals surface area contributed by atoms with Crippen LogP contribution in [0.1, 0.15) is 56.3 Å². The monoisotopic (exact) mass is 460 g/mol. The van der Waals surface area contributed by atoms with E-state index in [1.807, 2.05) is 39.0 Å². The van der Waals surface area contributed by atoms with Gasteiger partial charge in [-0.1, -0.05) is 29.5 Å². The van der Waals surface area contributed by atoms with Crippen molar-refractivity contribution in [2.45, 2.75) is 52.2 Å². The van der Waals surface area contributed by atoms with Crippen molar-refractivity contribution in [3.05, 3.63) is 64.9 Å². The normalized spacial score (nSPS) is 15.8. The number of benzene rings is 2. The molecule has 2 aromatic carbocycles. The minimum Gasteiger partial charge on any atom is -0.511 e. The summed E-state index contributed by atoms with van der Waals surface area (Å²) in [4.78, 5) is 0. The first-order valence-corrected chi connectivity index (χ1v) is 12.1. The number of rotatable bonds is 7. The smallest absolute Gasteiger partial charge is 0.148 e. The number of aliphatic hydroxyl groups excluding tert-OH is 1. The van der Waals surface area contributed by atoms with Crippen LogP contribution < -0.4 is 10.1 Å². The van der Waals surface area contributed by atoms with Gasteiger partial charge in [-0.2, -0.15) is 5.26 Å². The molecular weight excluding hydrogens is 432 g/mol. The zero-order chi connectivity index (χ0) is 23.4. The fourth-order valence-corrected chi connectivity index (χ4v) is 5.04.